The Labute approximate surface area is 162 Å². The normalized spacial score (nSPS) is 25.0. The molecule has 2 amide bonds. The second kappa shape index (κ2) is 7.45. The first-order valence-corrected chi connectivity index (χ1v) is 9.63. The Kier molecular flexibility index (Phi) is 5.40. The maximum Gasteiger partial charge on any atom is 0.411 e. The van der Waals surface area contributed by atoms with Crippen molar-refractivity contribution in [1.82, 2.24) is 4.90 Å². The number of amides is 2. The fourth-order valence-corrected chi connectivity index (χ4v) is 4.18. The van der Waals surface area contributed by atoms with Crippen LogP contribution in [0.25, 0.3) is 0 Å². The number of nitrogens with one attached hydrogen (secondary N) is 1. The second-order valence-electron chi connectivity index (χ2n) is 8.59. The van der Waals surface area contributed by atoms with E-state index in [0.29, 0.717) is 29.2 Å². The molecule has 144 valence electrons. The lowest BCUT2D eigenvalue weighted by Crippen LogP contribution is -2.49. The third-order valence-corrected chi connectivity index (χ3v) is 5.33. The molecule has 7 heteroatoms. The maximum atomic E-state index is 13.0. The summed E-state index contributed by atoms with van der Waals surface area (Å²) in [6, 6.07) is 4.49. The predicted octanol–water partition coefficient (Wildman–Crippen LogP) is 2.57. The van der Waals surface area contributed by atoms with E-state index in [1.54, 1.807) is 23.1 Å². The number of carbonyl (C=O) groups is 2. The lowest BCUT2D eigenvalue weighted by molar-refractivity contribution is -0.120. The monoisotopic (exact) mass is 369 g/mol. The van der Waals surface area contributed by atoms with Crippen molar-refractivity contribution >= 4 is 36.7 Å². The highest BCUT2D eigenvalue weighted by Gasteiger charge is 2.48. The molecule has 1 saturated carbocycles. The molecule has 6 nitrogen and oxygen atoms in total. The minimum atomic E-state index is -0.605. The number of nitrogens with zero attached hydrogens (tertiary/aromatic N) is 1. The number of rotatable bonds is 2. The van der Waals surface area contributed by atoms with Gasteiger partial charge in [-0.05, 0) is 58.1 Å². The van der Waals surface area contributed by atoms with Crippen LogP contribution < -0.4 is 16.5 Å². The van der Waals surface area contributed by atoms with Gasteiger partial charge in [0, 0.05) is 6.04 Å². The molecule has 2 fully saturated rings. The van der Waals surface area contributed by atoms with E-state index in [0.717, 1.165) is 25.7 Å². The Morgan fingerprint density at radius 1 is 1.26 bits per heavy atom. The average molecular weight is 369 g/mol. The summed E-state index contributed by atoms with van der Waals surface area (Å²) in [6.45, 7) is 5.51. The largest absolute Gasteiger partial charge is 0.444 e. The van der Waals surface area contributed by atoms with E-state index in [1.807, 2.05) is 20.8 Å². The van der Waals surface area contributed by atoms with Crippen molar-refractivity contribution in [2.45, 2.75) is 70.6 Å². The van der Waals surface area contributed by atoms with E-state index in [-0.39, 0.29) is 11.9 Å². The topological polar surface area (TPSA) is 84.7 Å². The molecule has 0 unspecified atom stereocenters. The quantitative estimate of drug-likeness (QED) is 0.620. The van der Waals surface area contributed by atoms with Crippen molar-refractivity contribution < 1.29 is 14.3 Å². The molecule has 2 aliphatic rings. The third-order valence-electron chi connectivity index (χ3n) is 5.33. The second-order valence-corrected chi connectivity index (χ2v) is 8.59. The number of anilines is 2. The van der Waals surface area contributed by atoms with E-state index < -0.39 is 17.7 Å². The van der Waals surface area contributed by atoms with Gasteiger partial charge in [-0.25, -0.2) is 4.79 Å². The number of benzene rings is 1. The summed E-state index contributed by atoms with van der Waals surface area (Å²) in [5, 5.41) is 2.87. The van der Waals surface area contributed by atoms with Crippen LogP contribution >= 0.6 is 0 Å². The SMILES string of the molecule is [B]c1ccc(NC(=O)[C@@H]2C[C@@H]3CCCC[C@@H]3N2C(=O)OC(C)(C)C)c(N)c1. The molecule has 0 spiro atoms. The molecule has 3 atom stereocenters. The van der Waals surface area contributed by atoms with Crippen LogP contribution in [0.15, 0.2) is 18.2 Å². The summed E-state index contributed by atoms with van der Waals surface area (Å²) >= 11 is 0. The van der Waals surface area contributed by atoms with Crippen LogP contribution in [0.5, 0.6) is 0 Å². The zero-order valence-electron chi connectivity index (χ0n) is 16.3. The highest BCUT2D eigenvalue weighted by atomic mass is 16.6. The molecule has 1 aromatic rings. The van der Waals surface area contributed by atoms with Gasteiger partial charge in [-0.15, -0.1) is 0 Å². The summed E-state index contributed by atoms with van der Waals surface area (Å²) in [6.07, 6.45) is 4.41. The summed E-state index contributed by atoms with van der Waals surface area (Å²) in [4.78, 5) is 27.6. The zero-order chi connectivity index (χ0) is 19.8. The van der Waals surface area contributed by atoms with Crippen molar-refractivity contribution in [1.29, 1.82) is 0 Å². The van der Waals surface area contributed by atoms with Crippen molar-refractivity contribution in [2.24, 2.45) is 5.92 Å². The van der Waals surface area contributed by atoms with E-state index >= 15 is 0 Å². The Morgan fingerprint density at radius 2 is 1.96 bits per heavy atom. The van der Waals surface area contributed by atoms with Gasteiger partial charge in [0.1, 0.15) is 19.5 Å². The molecule has 1 heterocycles. The number of fused-ring (bicyclic) bond motifs is 1. The van der Waals surface area contributed by atoms with Crippen LogP contribution in [-0.4, -0.2) is 42.4 Å². The van der Waals surface area contributed by atoms with Crippen LogP contribution in [0.1, 0.15) is 52.9 Å². The number of hydrogen-bond donors (Lipinski definition) is 2. The molecule has 1 aliphatic heterocycles. The van der Waals surface area contributed by atoms with E-state index in [9.17, 15) is 9.59 Å². The summed E-state index contributed by atoms with van der Waals surface area (Å²) in [7, 11) is 5.72. The van der Waals surface area contributed by atoms with Crippen LogP contribution in [-0.2, 0) is 9.53 Å². The minimum Gasteiger partial charge on any atom is -0.444 e. The molecule has 0 aromatic heterocycles. The fourth-order valence-electron chi connectivity index (χ4n) is 4.18. The van der Waals surface area contributed by atoms with Crippen LogP contribution in [0.2, 0.25) is 0 Å². The molecule has 3 rings (SSSR count). The zero-order valence-corrected chi connectivity index (χ0v) is 16.3. The molecular weight excluding hydrogens is 341 g/mol. The van der Waals surface area contributed by atoms with Crippen molar-refractivity contribution in [3.05, 3.63) is 18.2 Å². The van der Waals surface area contributed by atoms with Gasteiger partial charge in [0.25, 0.3) is 0 Å². The molecule has 1 aromatic carbocycles. The Hall–Kier alpha value is -2.18. The number of nitrogens with two attached hydrogens (primary N) is 1. The highest BCUT2D eigenvalue weighted by Crippen LogP contribution is 2.41. The minimum absolute atomic E-state index is 0.0631. The predicted molar refractivity (Wildman–Crippen MR) is 107 cm³/mol. The maximum absolute atomic E-state index is 13.0. The number of hydrogen-bond acceptors (Lipinski definition) is 4. The lowest BCUT2D eigenvalue weighted by atomic mass is 9.85. The van der Waals surface area contributed by atoms with Gasteiger partial charge in [0.05, 0.1) is 11.4 Å². The molecule has 2 radical (unpaired) electrons. The summed E-state index contributed by atoms with van der Waals surface area (Å²) < 4.78 is 5.61. The third kappa shape index (κ3) is 4.39. The van der Waals surface area contributed by atoms with Gasteiger partial charge in [0.2, 0.25) is 5.91 Å². The first-order chi connectivity index (χ1) is 12.7. The average Bonchev–Trinajstić information content (AvgIpc) is 2.95. The van der Waals surface area contributed by atoms with Crippen molar-refractivity contribution in [2.75, 3.05) is 11.1 Å². The first kappa shape index (κ1) is 19.6. The van der Waals surface area contributed by atoms with E-state index in [4.69, 9.17) is 18.3 Å². The summed E-state index contributed by atoms with van der Waals surface area (Å²) in [5.74, 6) is 0.109. The van der Waals surface area contributed by atoms with Gasteiger partial charge in [0.15, 0.2) is 0 Å². The van der Waals surface area contributed by atoms with Crippen molar-refractivity contribution in [3.63, 3.8) is 0 Å². The molecule has 1 saturated heterocycles. The summed E-state index contributed by atoms with van der Waals surface area (Å²) in [5.41, 5.74) is 6.81. The van der Waals surface area contributed by atoms with Gasteiger partial charge in [-0.1, -0.05) is 24.4 Å². The standard InChI is InChI=1S/C20H28BN3O3/c1-20(2,3)27-19(26)24-16-7-5-4-6-12(16)10-17(24)18(25)23-15-9-8-13(21)11-14(15)22/h8-9,11-12,16-17H,4-7,10,22H2,1-3H3,(H,23,25)/t12-,16-,17-/m0/s1. The van der Waals surface area contributed by atoms with Gasteiger partial charge in [-0.2, -0.15) is 0 Å². The Balaban J connectivity index is 1.81. The van der Waals surface area contributed by atoms with Gasteiger partial charge < -0.3 is 15.8 Å². The number of likely N-dealkylation sites (tertiary alicyclic amines) is 1. The fraction of sp³-hybridized carbons (Fsp3) is 0.600. The van der Waals surface area contributed by atoms with Crippen LogP contribution in [0.4, 0.5) is 16.2 Å². The van der Waals surface area contributed by atoms with Gasteiger partial charge >= 0.3 is 6.09 Å². The van der Waals surface area contributed by atoms with E-state index in [2.05, 4.69) is 5.32 Å². The highest BCUT2D eigenvalue weighted by molar-refractivity contribution is 6.32. The molecule has 3 N–H and O–H groups in total. The molecule has 1 aliphatic carbocycles. The van der Waals surface area contributed by atoms with Crippen LogP contribution in [0.3, 0.4) is 0 Å². The first-order valence-electron chi connectivity index (χ1n) is 9.63. The van der Waals surface area contributed by atoms with Crippen molar-refractivity contribution in [3.8, 4) is 0 Å². The van der Waals surface area contributed by atoms with Gasteiger partial charge in [-0.3, -0.25) is 9.69 Å². The molecular formula is C20H28BN3O3. The Morgan fingerprint density at radius 3 is 2.63 bits per heavy atom. The number of carbonyl (C=O) groups excluding carboxylic acids is 2. The lowest BCUT2D eigenvalue weighted by Gasteiger charge is -2.34. The van der Waals surface area contributed by atoms with Crippen LogP contribution in [0, 0.1) is 5.92 Å². The van der Waals surface area contributed by atoms with E-state index in [1.165, 1.54) is 0 Å². The Bertz CT molecular complexity index is 732. The smallest absolute Gasteiger partial charge is 0.411 e. The molecule has 0 bridgehead atoms. The number of nitrogen functional groups attached to an aromatic ring is 1. The molecule has 27 heavy (non-hydrogen) atoms. The number of ether oxygens (including phenoxy) is 1.